The van der Waals surface area contributed by atoms with Crippen molar-refractivity contribution in [3.63, 3.8) is 0 Å². The van der Waals surface area contributed by atoms with Crippen LogP contribution in [-0.4, -0.2) is 33.5 Å². The van der Waals surface area contributed by atoms with Gasteiger partial charge in [0.05, 0.1) is 12.2 Å². The molecule has 4 rings (SSSR count). The first kappa shape index (κ1) is 20.7. The lowest BCUT2D eigenvalue weighted by atomic mass is 9.43. The van der Waals surface area contributed by atoms with Crippen molar-refractivity contribution in [1.29, 1.82) is 0 Å². The molecule has 160 valence electrons. The zero-order chi connectivity index (χ0) is 20.3. The maximum Gasteiger partial charge on any atom is 0.303 e. The molecular formula is C24H40O4. The molecule has 3 N–H and O–H groups in total. The van der Waals surface area contributed by atoms with Crippen molar-refractivity contribution in [1.82, 2.24) is 0 Å². The summed E-state index contributed by atoms with van der Waals surface area (Å²) in [5, 5.41) is 30.8. The van der Waals surface area contributed by atoms with E-state index in [4.69, 9.17) is 5.11 Å². The Balaban J connectivity index is 1.56. The molecule has 3 unspecified atom stereocenters. The molecule has 0 aliphatic heterocycles. The molecule has 4 nitrogen and oxygen atoms in total. The molecule has 4 fully saturated rings. The Bertz CT molecular complexity index is 605. The standard InChI is InChI=1S/C24H40O4/c1-14(4-9-22(27)28)18-7-8-19-17-6-5-15-12-16(25)10-11-23(15,2)20(17)13-21(26)24(18,19)3/h14-21,25-26H,4-13H2,1-3H3,(H,27,28)/t14-,15-,16-,17?,18?,19+,20?,21+,23+,24-/m1/s1. The second-order valence-corrected chi connectivity index (χ2v) is 11.3. The van der Waals surface area contributed by atoms with Crippen LogP contribution in [0.3, 0.4) is 0 Å². The van der Waals surface area contributed by atoms with Crippen molar-refractivity contribution in [2.75, 3.05) is 0 Å². The highest BCUT2D eigenvalue weighted by atomic mass is 16.4. The van der Waals surface area contributed by atoms with E-state index in [1.54, 1.807) is 0 Å². The van der Waals surface area contributed by atoms with Gasteiger partial charge in [0.15, 0.2) is 0 Å². The van der Waals surface area contributed by atoms with E-state index in [0.29, 0.717) is 35.5 Å². The van der Waals surface area contributed by atoms with E-state index in [9.17, 15) is 15.0 Å². The predicted octanol–water partition coefficient (Wildman–Crippen LogP) is 4.48. The summed E-state index contributed by atoms with van der Waals surface area (Å²) < 4.78 is 0. The van der Waals surface area contributed by atoms with Crippen molar-refractivity contribution in [2.24, 2.45) is 46.3 Å². The molecule has 0 aromatic carbocycles. The van der Waals surface area contributed by atoms with Gasteiger partial charge in [0.2, 0.25) is 0 Å². The summed E-state index contributed by atoms with van der Waals surface area (Å²) in [4.78, 5) is 11.1. The molecule has 0 aromatic rings. The summed E-state index contributed by atoms with van der Waals surface area (Å²) in [7, 11) is 0. The largest absolute Gasteiger partial charge is 0.481 e. The molecule has 0 heterocycles. The van der Waals surface area contributed by atoms with Gasteiger partial charge in [-0.3, -0.25) is 4.79 Å². The highest BCUT2D eigenvalue weighted by Gasteiger charge is 2.63. The summed E-state index contributed by atoms with van der Waals surface area (Å²) in [6, 6.07) is 0. The molecule has 4 heteroatoms. The minimum atomic E-state index is -0.707. The topological polar surface area (TPSA) is 77.8 Å². The van der Waals surface area contributed by atoms with Gasteiger partial charge in [-0.2, -0.15) is 0 Å². The first-order valence-electron chi connectivity index (χ1n) is 11.8. The number of carboxylic acids is 1. The van der Waals surface area contributed by atoms with Crippen LogP contribution in [0.15, 0.2) is 0 Å². The quantitative estimate of drug-likeness (QED) is 0.659. The number of fused-ring (bicyclic) bond motifs is 5. The zero-order valence-corrected chi connectivity index (χ0v) is 17.9. The number of rotatable bonds is 4. The summed E-state index contributed by atoms with van der Waals surface area (Å²) in [6.07, 6.45) is 9.26. The Morgan fingerprint density at radius 1 is 1.04 bits per heavy atom. The van der Waals surface area contributed by atoms with E-state index in [1.165, 1.54) is 19.3 Å². The Labute approximate surface area is 170 Å². The maximum atomic E-state index is 11.5. The zero-order valence-electron chi connectivity index (χ0n) is 17.9. The lowest BCUT2D eigenvalue weighted by Gasteiger charge is -2.62. The molecule has 0 bridgehead atoms. The minimum Gasteiger partial charge on any atom is -0.481 e. The number of carbonyl (C=O) groups is 1. The first-order valence-corrected chi connectivity index (χ1v) is 11.8. The number of aliphatic carboxylic acids is 1. The van der Waals surface area contributed by atoms with Crippen LogP contribution >= 0.6 is 0 Å². The maximum absolute atomic E-state index is 11.5. The van der Waals surface area contributed by atoms with Gasteiger partial charge < -0.3 is 15.3 Å². The number of aliphatic hydroxyl groups excluding tert-OH is 2. The fourth-order valence-electron chi connectivity index (χ4n) is 8.71. The number of aliphatic hydroxyl groups is 2. The SMILES string of the molecule is C[C@H](CCC(=O)O)C1CC[C@H]2C3CC[C@@H]4C[C@H](O)CC[C@]4(C)C3C[C@H](O)[C@]12C. The third-order valence-corrected chi connectivity index (χ3v) is 10.3. The molecule has 10 atom stereocenters. The third kappa shape index (κ3) is 3.05. The van der Waals surface area contributed by atoms with Crippen LogP contribution in [0.4, 0.5) is 0 Å². The van der Waals surface area contributed by atoms with Gasteiger partial charge in [0.1, 0.15) is 0 Å². The fraction of sp³-hybridized carbons (Fsp3) is 0.958. The van der Waals surface area contributed by atoms with Crippen molar-refractivity contribution in [3.8, 4) is 0 Å². The van der Waals surface area contributed by atoms with Gasteiger partial charge in [-0.1, -0.05) is 20.8 Å². The monoisotopic (exact) mass is 392 g/mol. The van der Waals surface area contributed by atoms with Crippen LogP contribution in [0.25, 0.3) is 0 Å². The first-order chi connectivity index (χ1) is 13.2. The summed E-state index contributed by atoms with van der Waals surface area (Å²) in [5.41, 5.74) is 0.216. The number of hydrogen-bond donors (Lipinski definition) is 3. The van der Waals surface area contributed by atoms with Crippen LogP contribution in [0.5, 0.6) is 0 Å². The van der Waals surface area contributed by atoms with Gasteiger partial charge in [-0.15, -0.1) is 0 Å². The van der Waals surface area contributed by atoms with Crippen LogP contribution in [0, 0.1) is 46.3 Å². The van der Waals surface area contributed by atoms with Gasteiger partial charge in [0.25, 0.3) is 0 Å². The molecular weight excluding hydrogens is 352 g/mol. The fourth-order valence-corrected chi connectivity index (χ4v) is 8.71. The third-order valence-electron chi connectivity index (χ3n) is 10.3. The molecule has 4 saturated carbocycles. The minimum absolute atomic E-state index is 0.0591. The molecule has 4 aliphatic rings. The predicted molar refractivity (Wildman–Crippen MR) is 109 cm³/mol. The smallest absolute Gasteiger partial charge is 0.303 e. The Morgan fingerprint density at radius 3 is 2.50 bits per heavy atom. The second-order valence-electron chi connectivity index (χ2n) is 11.3. The summed E-state index contributed by atoms with van der Waals surface area (Å²) in [5.74, 6) is 2.55. The van der Waals surface area contributed by atoms with Crippen LogP contribution in [0.1, 0.15) is 85.0 Å². The van der Waals surface area contributed by atoms with E-state index in [1.807, 2.05) is 0 Å². The second kappa shape index (κ2) is 7.27. The van der Waals surface area contributed by atoms with Gasteiger partial charge in [0, 0.05) is 6.42 Å². The van der Waals surface area contributed by atoms with Crippen LogP contribution in [-0.2, 0) is 4.79 Å². The molecule has 0 radical (unpaired) electrons. The lowest BCUT2D eigenvalue weighted by Crippen LogP contribution is -2.58. The van der Waals surface area contributed by atoms with Crippen molar-refractivity contribution in [2.45, 2.75) is 97.2 Å². The summed E-state index contributed by atoms with van der Waals surface area (Å²) in [6.45, 7) is 6.99. The van der Waals surface area contributed by atoms with E-state index in [0.717, 1.165) is 38.5 Å². The lowest BCUT2D eigenvalue weighted by molar-refractivity contribution is -0.175. The average molecular weight is 393 g/mol. The number of hydrogen-bond acceptors (Lipinski definition) is 3. The van der Waals surface area contributed by atoms with E-state index < -0.39 is 5.97 Å². The van der Waals surface area contributed by atoms with Gasteiger partial charge in [-0.25, -0.2) is 0 Å². The van der Waals surface area contributed by atoms with E-state index in [-0.39, 0.29) is 29.5 Å². The molecule has 0 aromatic heterocycles. The van der Waals surface area contributed by atoms with E-state index >= 15 is 0 Å². The molecule has 28 heavy (non-hydrogen) atoms. The Kier molecular flexibility index (Phi) is 5.36. The van der Waals surface area contributed by atoms with Gasteiger partial charge in [-0.05, 0) is 104 Å². The van der Waals surface area contributed by atoms with Gasteiger partial charge >= 0.3 is 5.97 Å². The Morgan fingerprint density at radius 2 is 1.79 bits per heavy atom. The van der Waals surface area contributed by atoms with Crippen LogP contribution in [0.2, 0.25) is 0 Å². The molecule has 0 saturated heterocycles. The average Bonchev–Trinajstić information content (AvgIpc) is 3.00. The highest BCUT2D eigenvalue weighted by molar-refractivity contribution is 5.66. The normalized spacial score (nSPS) is 51.7. The van der Waals surface area contributed by atoms with Crippen molar-refractivity contribution >= 4 is 5.97 Å². The molecule has 4 aliphatic carbocycles. The molecule has 0 spiro atoms. The van der Waals surface area contributed by atoms with Crippen molar-refractivity contribution < 1.29 is 20.1 Å². The molecule has 0 amide bonds. The Hall–Kier alpha value is -0.610. The summed E-state index contributed by atoms with van der Waals surface area (Å²) >= 11 is 0. The van der Waals surface area contributed by atoms with Crippen LogP contribution < -0.4 is 0 Å². The van der Waals surface area contributed by atoms with Crippen molar-refractivity contribution in [3.05, 3.63) is 0 Å². The van der Waals surface area contributed by atoms with E-state index in [2.05, 4.69) is 20.8 Å². The number of carboxylic acid groups (broad SMARTS) is 1. The highest BCUT2D eigenvalue weighted by Crippen LogP contribution is 2.68.